The summed E-state index contributed by atoms with van der Waals surface area (Å²) in [5.41, 5.74) is 1.51. The highest BCUT2D eigenvalue weighted by Crippen LogP contribution is 2.28. The van der Waals surface area contributed by atoms with E-state index in [1.165, 1.54) is 23.5 Å². The Bertz CT molecular complexity index is 726. The Morgan fingerprint density at radius 1 is 1.36 bits per heavy atom. The lowest BCUT2D eigenvalue weighted by atomic mass is 10.2. The number of thiazole rings is 1. The number of benzene rings is 1. The minimum atomic E-state index is -0.285. The van der Waals surface area contributed by atoms with Crippen LogP contribution in [-0.2, 0) is 4.74 Å². The molecule has 0 aliphatic carbocycles. The maximum Gasteiger partial charge on any atom is 0.263 e. The Morgan fingerprint density at radius 3 is 2.72 bits per heavy atom. The average molecular weight is 363 g/mol. The van der Waals surface area contributed by atoms with Crippen LogP contribution in [0.3, 0.4) is 0 Å². The number of rotatable bonds is 5. The number of morpholine rings is 1. The lowest BCUT2D eigenvalue weighted by Crippen LogP contribution is -2.47. The Labute approximate surface area is 150 Å². The number of nitrogens with zero attached hydrogens (tertiary/aromatic N) is 2. The predicted octanol–water partition coefficient (Wildman–Crippen LogP) is 2.71. The van der Waals surface area contributed by atoms with E-state index in [1.54, 1.807) is 12.1 Å². The molecule has 0 bridgehead atoms. The van der Waals surface area contributed by atoms with Gasteiger partial charge in [0.1, 0.15) is 15.7 Å². The molecule has 5 nitrogen and oxygen atoms in total. The summed E-state index contributed by atoms with van der Waals surface area (Å²) >= 11 is 1.33. The van der Waals surface area contributed by atoms with Crippen LogP contribution < -0.4 is 5.32 Å². The van der Waals surface area contributed by atoms with Gasteiger partial charge in [-0.25, -0.2) is 9.37 Å². The van der Waals surface area contributed by atoms with Crippen LogP contribution in [-0.4, -0.2) is 54.7 Å². The second-order valence-corrected chi connectivity index (χ2v) is 7.15. The second-order valence-electron chi connectivity index (χ2n) is 6.15. The third-order valence-electron chi connectivity index (χ3n) is 4.32. The first-order valence-corrected chi connectivity index (χ1v) is 9.19. The number of ether oxygens (including phenoxy) is 1. The zero-order chi connectivity index (χ0) is 17.8. The van der Waals surface area contributed by atoms with Crippen molar-refractivity contribution < 1.29 is 13.9 Å². The molecule has 1 atom stereocenters. The van der Waals surface area contributed by atoms with Crippen molar-refractivity contribution in [1.29, 1.82) is 0 Å². The van der Waals surface area contributed by atoms with Crippen molar-refractivity contribution in [2.75, 3.05) is 32.8 Å². The van der Waals surface area contributed by atoms with Gasteiger partial charge in [-0.2, -0.15) is 0 Å². The lowest BCUT2D eigenvalue weighted by molar-refractivity contribution is 0.0204. The first-order chi connectivity index (χ1) is 12.0. The van der Waals surface area contributed by atoms with E-state index in [9.17, 15) is 9.18 Å². The molecule has 1 N–H and O–H groups in total. The summed E-state index contributed by atoms with van der Waals surface area (Å²) in [4.78, 5) is 19.9. The molecule has 2 heterocycles. The molecule has 1 fully saturated rings. The van der Waals surface area contributed by atoms with E-state index in [2.05, 4.69) is 22.1 Å². The fourth-order valence-electron chi connectivity index (χ4n) is 2.79. The number of carbonyl (C=O) groups excluding carboxylic acids is 1. The van der Waals surface area contributed by atoms with Crippen LogP contribution in [0.25, 0.3) is 10.6 Å². The first-order valence-electron chi connectivity index (χ1n) is 8.38. The monoisotopic (exact) mass is 363 g/mol. The summed E-state index contributed by atoms with van der Waals surface area (Å²) in [5, 5.41) is 3.73. The zero-order valence-electron chi connectivity index (χ0n) is 14.4. The number of amides is 1. The van der Waals surface area contributed by atoms with E-state index in [-0.39, 0.29) is 17.8 Å². The Morgan fingerprint density at radius 2 is 2.04 bits per heavy atom. The first kappa shape index (κ1) is 18.0. The maximum atomic E-state index is 13.1. The molecule has 0 unspecified atom stereocenters. The summed E-state index contributed by atoms with van der Waals surface area (Å²) in [6.45, 7) is 7.79. The third-order valence-corrected chi connectivity index (χ3v) is 5.53. The van der Waals surface area contributed by atoms with Gasteiger partial charge in [0.25, 0.3) is 5.91 Å². The number of halogens is 1. The Balaban J connectivity index is 1.63. The normalized spacial score (nSPS) is 16.6. The number of nitrogens with one attached hydrogen (secondary N) is 1. The van der Waals surface area contributed by atoms with Crippen LogP contribution in [0, 0.1) is 12.7 Å². The molecule has 7 heteroatoms. The zero-order valence-corrected chi connectivity index (χ0v) is 15.2. The molecule has 1 aliphatic heterocycles. The van der Waals surface area contributed by atoms with Crippen molar-refractivity contribution in [1.82, 2.24) is 15.2 Å². The van der Waals surface area contributed by atoms with Crippen molar-refractivity contribution in [3.05, 3.63) is 40.7 Å². The summed E-state index contributed by atoms with van der Waals surface area (Å²) in [6.07, 6.45) is 0. The van der Waals surface area contributed by atoms with E-state index < -0.39 is 0 Å². The molecule has 3 rings (SSSR count). The van der Waals surface area contributed by atoms with Gasteiger partial charge in [-0.05, 0) is 38.1 Å². The molecule has 2 aromatic rings. The summed E-state index contributed by atoms with van der Waals surface area (Å²) in [5.74, 6) is -0.393. The van der Waals surface area contributed by atoms with Gasteiger partial charge in [-0.15, -0.1) is 11.3 Å². The Kier molecular flexibility index (Phi) is 5.78. The third kappa shape index (κ3) is 4.42. The van der Waals surface area contributed by atoms with Gasteiger partial charge in [0.05, 0.1) is 18.9 Å². The van der Waals surface area contributed by atoms with Gasteiger partial charge in [0.2, 0.25) is 0 Å². The topological polar surface area (TPSA) is 54.5 Å². The van der Waals surface area contributed by atoms with E-state index in [0.717, 1.165) is 36.9 Å². The number of aryl methyl sites for hydroxylation is 1. The fourth-order valence-corrected chi connectivity index (χ4v) is 3.78. The summed E-state index contributed by atoms with van der Waals surface area (Å²) < 4.78 is 18.4. The molecule has 1 aromatic carbocycles. The van der Waals surface area contributed by atoms with Crippen LogP contribution in [0.1, 0.15) is 22.3 Å². The van der Waals surface area contributed by atoms with Gasteiger partial charge < -0.3 is 10.1 Å². The lowest BCUT2D eigenvalue weighted by Gasteiger charge is -2.32. The quantitative estimate of drug-likeness (QED) is 0.887. The van der Waals surface area contributed by atoms with E-state index >= 15 is 0 Å². The molecule has 1 saturated heterocycles. The maximum absolute atomic E-state index is 13.1. The highest BCUT2D eigenvalue weighted by Gasteiger charge is 2.20. The molecule has 1 aromatic heterocycles. The van der Waals surface area contributed by atoms with E-state index in [1.807, 2.05) is 6.92 Å². The number of hydrogen-bond donors (Lipinski definition) is 1. The molecule has 25 heavy (non-hydrogen) atoms. The van der Waals surface area contributed by atoms with Crippen LogP contribution >= 0.6 is 11.3 Å². The van der Waals surface area contributed by atoms with Crippen molar-refractivity contribution in [3.8, 4) is 10.6 Å². The molecular formula is C18H22FN3O2S. The molecular weight excluding hydrogens is 341 g/mol. The number of carbonyl (C=O) groups is 1. The molecule has 1 amide bonds. The largest absolute Gasteiger partial charge is 0.379 e. The molecule has 1 aliphatic rings. The van der Waals surface area contributed by atoms with Gasteiger partial charge in [0, 0.05) is 31.2 Å². The Hall–Kier alpha value is -1.83. The fraction of sp³-hybridized carbons (Fsp3) is 0.444. The number of aromatic nitrogens is 1. The predicted molar refractivity (Wildman–Crippen MR) is 96.4 cm³/mol. The molecule has 0 spiro atoms. The second kappa shape index (κ2) is 8.03. The highest BCUT2D eigenvalue weighted by atomic mass is 32.1. The minimum Gasteiger partial charge on any atom is -0.379 e. The van der Waals surface area contributed by atoms with Crippen molar-refractivity contribution in [2.24, 2.45) is 0 Å². The van der Waals surface area contributed by atoms with Crippen molar-refractivity contribution >= 4 is 17.2 Å². The molecule has 0 saturated carbocycles. The van der Waals surface area contributed by atoms with E-state index in [4.69, 9.17) is 4.74 Å². The van der Waals surface area contributed by atoms with E-state index in [0.29, 0.717) is 17.1 Å². The minimum absolute atomic E-state index is 0.108. The SMILES string of the molecule is Cc1nc(-c2ccc(F)cc2)sc1C(=O)NC[C@H](C)N1CCOCC1. The van der Waals surface area contributed by atoms with Crippen molar-refractivity contribution in [2.45, 2.75) is 19.9 Å². The van der Waals surface area contributed by atoms with Gasteiger partial charge in [-0.3, -0.25) is 9.69 Å². The highest BCUT2D eigenvalue weighted by molar-refractivity contribution is 7.17. The number of hydrogen-bond acceptors (Lipinski definition) is 5. The van der Waals surface area contributed by atoms with Crippen LogP contribution in [0.2, 0.25) is 0 Å². The summed E-state index contributed by atoms with van der Waals surface area (Å²) in [6, 6.07) is 6.41. The average Bonchev–Trinajstić information content (AvgIpc) is 3.02. The molecule has 134 valence electrons. The standard InChI is InChI=1S/C18H22FN3O2S/c1-12(22-7-9-24-10-8-22)11-20-17(23)16-13(2)21-18(25-16)14-3-5-15(19)6-4-14/h3-6,12H,7-11H2,1-2H3,(H,20,23)/t12-/m0/s1. The van der Waals surface area contributed by atoms with Gasteiger partial charge >= 0.3 is 0 Å². The smallest absolute Gasteiger partial charge is 0.263 e. The van der Waals surface area contributed by atoms with Crippen LogP contribution in [0.5, 0.6) is 0 Å². The molecule has 0 radical (unpaired) electrons. The van der Waals surface area contributed by atoms with Gasteiger partial charge in [-0.1, -0.05) is 0 Å². The summed E-state index contributed by atoms with van der Waals surface area (Å²) in [7, 11) is 0. The van der Waals surface area contributed by atoms with Crippen molar-refractivity contribution in [3.63, 3.8) is 0 Å². The van der Waals surface area contributed by atoms with Crippen LogP contribution in [0.15, 0.2) is 24.3 Å². The van der Waals surface area contributed by atoms with Crippen LogP contribution in [0.4, 0.5) is 4.39 Å². The van der Waals surface area contributed by atoms with Gasteiger partial charge in [0.15, 0.2) is 0 Å².